The van der Waals surface area contributed by atoms with Gasteiger partial charge in [0.15, 0.2) is 0 Å². The minimum Gasteiger partial charge on any atom is -0.486 e. The first-order valence-corrected chi connectivity index (χ1v) is 11.0. The summed E-state index contributed by atoms with van der Waals surface area (Å²) in [5.41, 5.74) is 0.262. The fraction of sp³-hybridized carbons (Fsp3) is 0.652. The number of likely N-dealkylation sites (tertiary alicyclic amines) is 1. The molecule has 3 fully saturated rings. The molecule has 2 saturated heterocycles. The van der Waals surface area contributed by atoms with E-state index in [-0.39, 0.29) is 23.6 Å². The van der Waals surface area contributed by atoms with E-state index in [2.05, 4.69) is 16.3 Å². The van der Waals surface area contributed by atoms with Crippen LogP contribution in [0.3, 0.4) is 0 Å². The molecule has 0 bridgehead atoms. The lowest BCUT2D eigenvalue weighted by molar-refractivity contribution is -0.138. The maximum Gasteiger partial charge on any atom is 0.240 e. The van der Waals surface area contributed by atoms with Crippen LogP contribution in [0.25, 0.3) is 0 Å². The van der Waals surface area contributed by atoms with Crippen molar-refractivity contribution in [2.75, 3.05) is 26.3 Å². The Morgan fingerprint density at radius 1 is 1.14 bits per heavy atom. The number of nitriles is 1. The highest BCUT2D eigenvalue weighted by Crippen LogP contribution is 2.36. The van der Waals surface area contributed by atoms with Gasteiger partial charge in [0.05, 0.1) is 24.3 Å². The van der Waals surface area contributed by atoms with Gasteiger partial charge in [-0.05, 0) is 69.5 Å². The normalized spacial score (nSPS) is 27.1. The van der Waals surface area contributed by atoms with Crippen LogP contribution >= 0.6 is 0 Å². The molecule has 1 aliphatic carbocycles. The average Bonchev–Trinajstić information content (AvgIpc) is 3.32. The van der Waals surface area contributed by atoms with Gasteiger partial charge in [0.1, 0.15) is 17.4 Å². The number of rotatable bonds is 5. The van der Waals surface area contributed by atoms with Crippen LogP contribution in [0.2, 0.25) is 0 Å². The molecule has 0 radical (unpaired) electrons. The Hall–Kier alpha value is -2.10. The molecule has 6 heteroatoms. The molecule has 1 amide bonds. The SMILES string of the molecule is N#Cc1ccc(O[C@@H]2COCC[C@H]2NC(=O)C2(N3CCCC3)CCCCC2)cc1. The fourth-order valence-corrected chi connectivity index (χ4v) is 5.05. The summed E-state index contributed by atoms with van der Waals surface area (Å²) in [4.78, 5) is 16.0. The molecular formula is C23H31N3O3. The van der Waals surface area contributed by atoms with E-state index in [9.17, 15) is 4.79 Å². The summed E-state index contributed by atoms with van der Waals surface area (Å²) in [5, 5.41) is 12.3. The van der Waals surface area contributed by atoms with E-state index in [1.807, 2.05) is 0 Å². The highest BCUT2D eigenvalue weighted by atomic mass is 16.5. The summed E-state index contributed by atoms with van der Waals surface area (Å²) < 4.78 is 11.8. The van der Waals surface area contributed by atoms with Crippen molar-refractivity contribution < 1.29 is 14.3 Å². The van der Waals surface area contributed by atoms with Crippen molar-refractivity contribution in [3.63, 3.8) is 0 Å². The molecule has 156 valence electrons. The largest absolute Gasteiger partial charge is 0.486 e. The maximum atomic E-state index is 13.6. The Morgan fingerprint density at radius 3 is 2.55 bits per heavy atom. The van der Waals surface area contributed by atoms with E-state index in [4.69, 9.17) is 14.7 Å². The molecule has 0 unspecified atom stereocenters. The van der Waals surface area contributed by atoms with Gasteiger partial charge >= 0.3 is 0 Å². The summed E-state index contributed by atoms with van der Waals surface area (Å²) in [7, 11) is 0. The van der Waals surface area contributed by atoms with Crippen LogP contribution in [0, 0.1) is 11.3 Å². The van der Waals surface area contributed by atoms with Gasteiger partial charge in [-0.1, -0.05) is 19.3 Å². The quantitative estimate of drug-likeness (QED) is 0.827. The Labute approximate surface area is 173 Å². The third-order valence-electron chi connectivity index (χ3n) is 6.71. The second kappa shape index (κ2) is 9.15. The van der Waals surface area contributed by atoms with Gasteiger partial charge in [0, 0.05) is 6.61 Å². The summed E-state index contributed by atoms with van der Waals surface area (Å²) >= 11 is 0. The van der Waals surface area contributed by atoms with Gasteiger partial charge in [0.2, 0.25) is 5.91 Å². The summed E-state index contributed by atoms with van der Waals surface area (Å²) in [6, 6.07) is 9.16. The number of nitrogens with zero attached hydrogens (tertiary/aromatic N) is 2. The first-order chi connectivity index (χ1) is 14.2. The third-order valence-corrected chi connectivity index (χ3v) is 6.71. The molecule has 0 spiro atoms. The molecule has 2 heterocycles. The smallest absolute Gasteiger partial charge is 0.240 e. The second-order valence-electron chi connectivity index (χ2n) is 8.52. The number of benzene rings is 1. The van der Waals surface area contributed by atoms with Crippen LogP contribution in [0.15, 0.2) is 24.3 Å². The van der Waals surface area contributed by atoms with Crippen molar-refractivity contribution in [1.29, 1.82) is 5.26 Å². The van der Waals surface area contributed by atoms with Crippen molar-refractivity contribution >= 4 is 5.91 Å². The predicted molar refractivity (Wildman–Crippen MR) is 110 cm³/mol. The van der Waals surface area contributed by atoms with E-state index in [0.717, 1.165) is 45.2 Å². The molecule has 1 aromatic rings. The number of nitrogens with one attached hydrogen (secondary N) is 1. The summed E-state index contributed by atoms with van der Waals surface area (Å²) in [6.45, 7) is 3.16. The second-order valence-corrected chi connectivity index (χ2v) is 8.52. The zero-order valence-corrected chi connectivity index (χ0v) is 17.1. The molecule has 0 aromatic heterocycles. The number of hydrogen-bond donors (Lipinski definition) is 1. The van der Waals surface area contributed by atoms with Gasteiger partial charge in [0.25, 0.3) is 0 Å². The first-order valence-electron chi connectivity index (χ1n) is 11.0. The maximum absolute atomic E-state index is 13.6. The standard InChI is InChI=1S/C23H31N3O3/c24-16-18-6-8-19(9-7-18)29-21-17-28-15-10-20(21)25-22(27)23(11-2-1-3-12-23)26-13-4-5-14-26/h6-9,20-21H,1-5,10-15,17H2,(H,25,27)/t20-,21-/m1/s1. The van der Waals surface area contributed by atoms with Crippen LogP contribution < -0.4 is 10.1 Å². The van der Waals surface area contributed by atoms with Crippen LogP contribution in [0.1, 0.15) is 56.9 Å². The highest BCUT2D eigenvalue weighted by Gasteiger charge is 2.46. The Kier molecular flexibility index (Phi) is 6.37. The summed E-state index contributed by atoms with van der Waals surface area (Å²) in [5.74, 6) is 0.880. The van der Waals surface area contributed by atoms with E-state index >= 15 is 0 Å². The molecule has 1 N–H and O–H groups in total. The molecular weight excluding hydrogens is 366 g/mol. The molecule has 3 aliphatic rings. The van der Waals surface area contributed by atoms with Crippen molar-refractivity contribution in [3.05, 3.63) is 29.8 Å². The number of carbonyl (C=O) groups is 1. The highest BCUT2D eigenvalue weighted by molar-refractivity contribution is 5.86. The lowest BCUT2D eigenvalue weighted by atomic mass is 9.79. The van der Waals surface area contributed by atoms with Gasteiger partial charge in [-0.15, -0.1) is 0 Å². The van der Waals surface area contributed by atoms with Gasteiger partial charge < -0.3 is 14.8 Å². The van der Waals surface area contributed by atoms with E-state index in [1.165, 1.54) is 19.3 Å². The topological polar surface area (TPSA) is 74.6 Å². The van der Waals surface area contributed by atoms with E-state index < -0.39 is 0 Å². The van der Waals surface area contributed by atoms with Gasteiger partial charge in [-0.25, -0.2) is 0 Å². The Balaban J connectivity index is 1.46. The fourth-order valence-electron chi connectivity index (χ4n) is 5.05. The number of carbonyl (C=O) groups excluding carboxylic acids is 1. The minimum absolute atomic E-state index is 0.0618. The van der Waals surface area contributed by atoms with Crippen LogP contribution in [0.5, 0.6) is 5.75 Å². The molecule has 2 atom stereocenters. The summed E-state index contributed by atoms with van der Waals surface area (Å²) in [6.07, 6.45) is 8.32. The molecule has 1 saturated carbocycles. The Morgan fingerprint density at radius 2 is 1.86 bits per heavy atom. The van der Waals surface area contributed by atoms with Crippen LogP contribution in [0.4, 0.5) is 0 Å². The molecule has 4 rings (SSSR count). The molecule has 1 aromatic carbocycles. The first kappa shape index (κ1) is 20.2. The van der Waals surface area contributed by atoms with Gasteiger partial charge in [-0.2, -0.15) is 5.26 Å². The minimum atomic E-state index is -0.341. The molecule has 6 nitrogen and oxygen atoms in total. The molecule has 29 heavy (non-hydrogen) atoms. The van der Waals surface area contributed by atoms with Crippen LogP contribution in [-0.4, -0.2) is 54.8 Å². The van der Waals surface area contributed by atoms with Crippen molar-refractivity contribution in [2.24, 2.45) is 0 Å². The zero-order valence-electron chi connectivity index (χ0n) is 17.1. The van der Waals surface area contributed by atoms with Gasteiger partial charge in [-0.3, -0.25) is 9.69 Å². The van der Waals surface area contributed by atoms with E-state index in [0.29, 0.717) is 24.5 Å². The van der Waals surface area contributed by atoms with Crippen LogP contribution in [-0.2, 0) is 9.53 Å². The van der Waals surface area contributed by atoms with E-state index in [1.54, 1.807) is 24.3 Å². The lowest BCUT2D eigenvalue weighted by Crippen LogP contribution is -2.63. The number of amides is 1. The van der Waals surface area contributed by atoms with Crippen molar-refractivity contribution in [3.8, 4) is 11.8 Å². The number of ether oxygens (including phenoxy) is 2. The zero-order chi connectivity index (χ0) is 20.1. The third kappa shape index (κ3) is 4.41. The van der Waals surface area contributed by atoms with Crippen molar-refractivity contribution in [2.45, 2.75) is 69.1 Å². The molecule has 2 aliphatic heterocycles. The Bertz CT molecular complexity index is 731. The monoisotopic (exact) mass is 397 g/mol. The average molecular weight is 398 g/mol. The predicted octanol–water partition coefficient (Wildman–Crippen LogP) is 3.01. The number of hydrogen-bond acceptors (Lipinski definition) is 5. The van der Waals surface area contributed by atoms with Crippen molar-refractivity contribution in [1.82, 2.24) is 10.2 Å². The lowest BCUT2D eigenvalue weighted by Gasteiger charge is -2.44.